The molecule has 0 radical (unpaired) electrons. The molecule has 5 heteroatoms. The van der Waals surface area contributed by atoms with Crippen LogP contribution in [0.5, 0.6) is 0 Å². The summed E-state index contributed by atoms with van der Waals surface area (Å²) in [4.78, 5) is 19.8. The van der Waals surface area contributed by atoms with Gasteiger partial charge >= 0.3 is 0 Å². The summed E-state index contributed by atoms with van der Waals surface area (Å²) in [7, 11) is 4.27. The van der Waals surface area contributed by atoms with Gasteiger partial charge in [0.25, 0.3) is 5.56 Å². The first-order valence-electron chi connectivity index (χ1n) is 7.29. The Morgan fingerprint density at radius 1 is 1.24 bits per heavy atom. The van der Waals surface area contributed by atoms with Crippen LogP contribution in [0.1, 0.15) is 12.8 Å². The quantitative estimate of drug-likeness (QED) is 0.905. The molecular formula is C16H20BrN3O. The number of halogens is 1. The Kier molecular flexibility index (Phi) is 4.04. The van der Waals surface area contributed by atoms with Gasteiger partial charge in [-0.25, -0.2) is 0 Å². The van der Waals surface area contributed by atoms with Gasteiger partial charge in [0.15, 0.2) is 0 Å². The number of hydrogen-bond donors (Lipinski definition) is 1. The lowest BCUT2D eigenvalue weighted by molar-refractivity contribution is 0.249. The number of hydrogen-bond acceptors (Lipinski definition) is 3. The van der Waals surface area contributed by atoms with E-state index in [0.717, 1.165) is 47.0 Å². The number of nitrogens with zero attached hydrogens (tertiary/aromatic N) is 2. The highest BCUT2D eigenvalue weighted by molar-refractivity contribution is 9.10. The van der Waals surface area contributed by atoms with Crippen molar-refractivity contribution in [3.8, 4) is 0 Å². The Hall–Kier alpha value is -1.33. The summed E-state index contributed by atoms with van der Waals surface area (Å²) in [5.74, 6) is 0.927. The van der Waals surface area contributed by atoms with Crippen LogP contribution < -0.4 is 10.5 Å². The Bertz CT molecular complexity index is 702. The lowest BCUT2D eigenvalue weighted by atomic mass is 10.0. The summed E-state index contributed by atoms with van der Waals surface area (Å²) in [5, 5.41) is 1.71. The van der Waals surface area contributed by atoms with Gasteiger partial charge in [-0.1, -0.05) is 22.0 Å². The molecule has 112 valence electrons. The van der Waals surface area contributed by atoms with Gasteiger partial charge in [0.2, 0.25) is 0 Å². The monoisotopic (exact) mass is 349 g/mol. The van der Waals surface area contributed by atoms with E-state index in [1.807, 2.05) is 18.2 Å². The van der Waals surface area contributed by atoms with Crippen LogP contribution in [0.25, 0.3) is 10.8 Å². The highest BCUT2D eigenvalue weighted by Crippen LogP contribution is 2.26. The molecule has 3 rings (SSSR count). The topological polar surface area (TPSA) is 39.3 Å². The van der Waals surface area contributed by atoms with E-state index in [0.29, 0.717) is 6.04 Å². The molecule has 1 fully saturated rings. The van der Waals surface area contributed by atoms with Crippen molar-refractivity contribution in [3.05, 3.63) is 39.1 Å². The van der Waals surface area contributed by atoms with Crippen LogP contribution >= 0.6 is 15.9 Å². The zero-order valence-corrected chi connectivity index (χ0v) is 14.0. The Balaban J connectivity index is 1.92. The van der Waals surface area contributed by atoms with E-state index in [1.54, 1.807) is 0 Å². The van der Waals surface area contributed by atoms with E-state index >= 15 is 0 Å². The summed E-state index contributed by atoms with van der Waals surface area (Å²) in [6.45, 7) is 1.96. The molecule has 2 heterocycles. The third kappa shape index (κ3) is 2.85. The molecular weight excluding hydrogens is 330 g/mol. The van der Waals surface area contributed by atoms with Crippen LogP contribution in [0.15, 0.2) is 33.5 Å². The average molecular weight is 350 g/mol. The zero-order valence-electron chi connectivity index (χ0n) is 12.4. The number of aromatic nitrogens is 1. The molecule has 1 aromatic heterocycles. The third-order valence-electron chi connectivity index (χ3n) is 4.36. The summed E-state index contributed by atoms with van der Waals surface area (Å²) in [6, 6.07) is 8.45. The zero-order chi connectivity index (χ0) is 15.0. The van der Waals surface area contributed by atoms with Crippen molar-refractivity contribution >= 4 is 32.5 Å². The number of piperidine rings is 1. The molecule has 0 aliphatic carbocycles. The first-order valence-corrected chi connectivity index (χ1v) is 8.08. The van der Waals surface area contributed by atoms with Crippen LogP contribution in [-0.2, 0) is 0 Å². The SMILES string of the molecule is CN(C)C1CCN(c2cc3c(Br)cccc3c(=O)[nH]2)CC1. The molecule has 0 amide bonds. The summed E-state index contributed by atoms with van der Waals surface area (Å²) in [6.07, 6.45) is 2.26. The Morgan fingerprint density at radius 2 is 1.95 bits per heavy atom. The number of nitrogens with one attached hydrogen (secondary N) is 1. The van der Waals surface area contributed by atoms with E-state index in [1.165, 1.54) is 0 Å². The molecule has 1 N–H and O–H groups in total. The minimum absolute atomic E-state index is 0.0152. The molecule has 0 unspecified atom stereocenters. The molecule has 2 aromatic rings. The number of rotatable bonds is 2. The smallest absolute Gasteiger partial charge is 0.257 e. The highest BCUT2D eigenvalue weighted by Gasteiger charge is 2.21. The number of aromatic amines is 1. The number of anilines is 1. The maximum absolute atomic E-state index is 12.3. The van der Waals surface area contributed by atoms with Gasteiger partial charge in [-0.2, -0.15) is 0 Å². The lowest BCUT2D eigenvalue weighted by Crippen LogP contribution is -2.42. The van der Waals surface area contributed by atoms with Gasteiger partial charge in [0.1, 0.15) is 5.82 Å². The maximum atomic E-state index is 12.3. The van der Waals surface area contributed by atoms with Crippen LogP contribution in [0.4, 0.5) is 5.82 Å². The van der Waals surface area contributed by atoms with Crippen molar-refractivity contribution < 1.29 is 0 Å². The fourth-order valence-corrected chi connectivity index (χ4v) is 3.51. The number of benzene rings is 1. The average Bonchev–Trinajstić information content (AvgIpc) is 2.48. The van der Waals surface area contributed by atoms with Gasteiger partial charge in [-0.05, 0) is 45.1 Å². The predicted molar refractivity (Wildman–Crippen MR) is 91.2 cm³/mol. The molecule has 0 spiro atoms. The molecule has 0 atom stereocenters. The molecule has 1 aromatic carbocycles. The van der Waals surface area contributed by atoms with Crippen molar-refractivity contribution in [1.29, 1.82) is 0 Å². The number of pyridine rings is 1. The number of H-pyrrole nitrogens is 1. The van der Waals surface area contributed by atoms with Crippen LogP contribution in [0.3, 0.4) is 0 Å². The molecule has 0 bridgehead atoms. The summed E-state index contributed by atoms with van der Waals surface area (Å²) >= 11 is 3.54. The largest absolute Gasteiger partial charge is 0.358 e. The van der Waals surface area contributed by atoms with Gasteiger partial charge in [-0.15, -0.1) is 0 Å². The van der Waals surface area contributed by atoms with E-state index in [-0.39, 0.29) is 5.56 Å². The third-order valence-corrected chi connectivity index (χ3v) is 5.05. The first-order chi connectivity index (χ1) is 10.1. The molecule has 4 nitrogen and oxygen atoms in total. The van der Waals surface area contributed by atoms with Crippen molar-refractivity contribution in [2.24, 2.45) is 0 Å². The van der Waals surface area contributed by atoms with Crippen LogP contribution in [0, 0.1) is 0 Å². The van der Waals surface area contributed by atoms with E-state index in [2.05, 4.69) is 50.9 Å². The molecule has 0 saturated carbocycles. The Morgan fingerprint density at radius 3 is 2.62 bits per heavy atom. The lowest BCUT2D eigenvalue weighted by Gasteiger charge is -2.36. The van der Waals surface area contributed by atoms with Gasteiger partial charge in [-0.3, -0.25) is 4.79 Å². The molecule has 21 heavy (non-hydrogen) atoms. The van der Waals surface area contributed by atoms with Gasteiger partial charge < -0.3 is 14.8 Å². The van der Waals surface area contributed by atoms with Gasteiger partial charge in [0, 0.05) is 34.4 Å². The second kappa shape index (κ2) is 5.81. The maximum Gasteiger partial charge on any atom is 0.257 e. The van der Waals surface area contributed by atoms with E-state index < -0.39 is 0 Å². The van der Waals surface area contributed by atoms with E-state index in [4.69, 9.17) is 0 Å². The molecule has 1 aliphatic heterocycles. The van der Waals surface area contributed by atoms with Crippen molar-refractivity contribution in [1.82, 2.24) is 9.88 Å². The minimum atomic E-state index is -0.0152. The molecule has 1 aliphatic rings. The minimum Gasteiger partial charge on any atom is -0.358 e. The second-order valence-corrected chi connectivity index (χ2v) is 6.72. The summed E-state index contributed by atoms with van der Waals surface area (Å²) < 4.78 is 0.968. The van der Waals surface area contributed by atoms with Crippen LogP contribution in [0.2, 0.25) is 0 Å². The number of fused-ring (bicyclic) bond motifs is 1. The predicted octanol–water partition coefficient (Wildman–Crippen LogP) is 2.82. The van der Waals surface area contributed by atoms with E-state index in [9.17, 15) is 4.79 Å². The fraction of sp³-hybridized carbons (Fsp3) is 0.438. The standard InChI is InChI=1S/C16H20BrN3O/c1-19(2)11-6-8-20(9-7-11)15-10-13-12(16(21)18-15)4-3-5-14(13)17/h3-5,10-11H,6-9H2,1-2H3,(H,18,21). The normalized spacial score (nSPS) is 16.9. The molecule has 1 saturated heterocycles. The van der Waals surface area contributed by atoms with Crippen LogP contribution in [-0.4, -0.2) is 43.1 Å². The highest BCUT2D eigenvalue weighted by atomic mass is 79.9. The van der Waals surface area contributed by atoms with Crippen molar-refractivity contribution in [3.63, 3.8) is 0 Å². The van der Waals surface area contributed by atoms with Crippen molar-refractivity contribution in [2.45, 2.75) is 18.9 Å². The Labute approximate surface area is 132 Å². The fourth-order valence-electron chi connectivity index (χ4n) is 3.03. The van der Waals surface area contributed by atoms with Crippen molar-refractivity contribution in [2.75, 3.05) is 32.1 Å². The second-order valence-electron chi connectivity index (χ2n) is 5.87. The summed E-state index contributed by atoms with van der Waals surface area (Å²) in [5.41, 5.74) is -0.0152. The first kappa shape index (κ1) is 14.6. The van der Waals surface area contributed by atoms with Gasteiger partial charge in [0.05, 0.1) is 0 Å².